The van der Waals surface area contributed by atoms with Gasteiger partial charge in [0.05, 0.1) is 0 Å². The van der Waals surface area contributed by atoms with E-state index in [1.807, 2.05) is 0 Å². The molecule has 1 N–H and O–H groups in total. The molecule has 1 aromatic rings. The summed E-state index contributed by atoms with van der Waals surface area (Å²) in [7, 11) is 1.70. The first-order valence-corrected chi connectivity index (χ1v) is 5.22. The maximum atomic E-state index is 12.6. The van der Waals surface area contributed by atoms with Gasteiger partial charge in [0.1, 0.15) is 5.82 Å². The molecule has 1 amide bonds. The fraction of sp³-hybridized carbons (Fsp3) is 0.417. The van der Waals surface area contributed by atoms with Gasteiger partial charge in [-0.05, 0) is 24.1 Å². The minimum absolute atomic E-state index is 0.0154. The number of amides is 1. The first-order valence-electron chi connectivity index (χ1n) is 5.22. The van der Waals surface area contributed by atoms with Crippen LogP contribution in [0.5, 0.6) is 0 Å². The van der Waals surface area contributed by atoms with Crippen molar-refractivity contribution in [3.05, 3.63) is 35.6 Å². The molecule has 88 valence electrons. The van der Waals surface area contributed by atoms with E-state index >= 15 is 0 Å². The number of nitrogens with zero attached hydrogens (tertiary/aromatic N) is 1. The van der Waals surface area contributed by atoms with Crippen LogP contribution in [0.3, 0.4) is 0 Å². The molecule has 0 spiro atoms. The minimum atomic E-state index is -0.280. The fourth-order valence-electron chi connectivity index (χ4n) is 1.37. The summed E-state index contributed by atoms with van der Waals surface area (Å²) in [4.78, 5) is 13.1. The standard InChI is InChI=1S/C12H16FNO2/c1-14(12(16)3-2-8-15)9-10-4-6-11(13)7-5-10/h4-7,15H,2-3,8-9H2,1H3. The summed E-state index contributed by atoms with van der Waals surface area (Å²) in [6, 6.07) is 6.07. The van der Waals surface area contributed by atoms with E-state index in [2.05, 4.69) is 0 Å². The predicted molar refractivity (Wildman–Crippen MR) is 59.2 cm³/mol. The molecule has 0 heterocycles. The van der Waals surface area contributed by atoms with E-state index in [9.17, 15) is 9.18 Å². The van der Waals surface area contributed by atoms with Gasteiger partial charge in [0.25, 0.3) is 0 Å². The third-order valence-corrected chi connectivity index (χ3v) is 2.31. The van der Waals surface area contributed by atoms with Crippen LogP contribution in [0, 0.1) is 5.82 Å². The van der Waals surface area contributed by atoms with Crippen molar-refractivity contribution in [3.8, 4) is 0 Å². The third kappa shape index (κ3) is 3.98. The largest absolute Gasteiger partial charge is 0.396 e. The van der Waals surface area contributed by atoms with Crippen LogP contribution in [0.15, 0.2) is 24.3 Å². The lowest BCUT2D eigenvalue weighted by molar-refractivity contribution is -0.130. The van der Waals surface area contributed by atoms with Gasteiger partial charge in [0.15, 0.2) is 0 Å². The lowest BCUT2D eigenvalue weighted by atomic mass is 10.2. The number of hydrogen-bond donors (Lipinski definition) is 1. The van der Waals surface area contributed by atoms with Crippen LogP contribution in [0.2, 0.25) is 0 Å². The predicted octanol–water partition coefficient (Wildman–Crippen LogP) is 1.56. The normalized spacial score (nSPS) is 10.2. The van der Waals surface area contributed by atoms with Gasteiger partial charge >= 0.3 is 0 Å². The van der Waals surface area contributed by atoms with Gasteiger partial charge in [-0.2, -0.15) is 0 Å². The van der Waals surface area contributed by atoms with Gasteiger partial charge in [0, 0.05) is 26.6 Å². The van der Waals surface area contributed by atoms with Crippen LogP contribution in [-0.4, -0.2) is 29.6 Å². The molecule has 0 saturated heterocycles. The fourth-order valence-corrected chi connectivity index (χ4v) is 1.37. The van der Waals surface area contributed by atoms with Crippen molar-refractivity contribution in [1.82, 2.24) is 4.90 Å². The number of hydrogen-bond acceptors (Lipinski definition) is 2. The second kappa shape index (κ2) is 6.23. The van der Waals surface area contributed by atoms with Crippen molar-refractivity contribution < 1.29 is 14.3 Å². The van der Waals surface area contributed by atoms with Crippen LogP contribution in [-0.2, 0) is 11.3 Å². The Kier molecular flexibility index (Phi) is 4.92. The Morgan fingerprint density at radius 2 is 2.00 bits per heavy atom. The zero-order valence-electron chi connectivity index (χ0n) is 9.32. The summed E-state index contributed by atoms with van der Waals surface area (Å²) < 4.78 is 12.6. The second-order valence-corrected chi connectivity index (χ2v) is 3.70. The molecule has 0 aromatic heterocycles. The summed E-state index contributed by atoms with van der Waals surface area (Å²) in [5.74, 6) is -0.295. The molecule has 0 atom stereocenters. The SMILES string of the molecule is CN(Cc1ccc(F)cc1)C(=O)CCCO. The highest BCUT2D eigenvalue weighted by Gasteiger charge is 2.08. The zero-order chi connectivity index (χ0) is 12.0. The second-order valence-electron chi connectivity index (χ2n) is 3.70. The summed E-state index contributed by atoms with van der Waals surface area (Å²) in [6.45, 7) is 0.487. The molecule has 1 rings (SSSR count). The Hall–Kier alpha value is -1.42. The number of benzene rings is 1. The van der Waals surface area contributed by atoms with E-state index in [0.29, 0.717) is 19.4 Å². The Morgan fingerprint density at radius 3 is 2.56 bits per heavy atom. The third-order valence-electron chi connectivity index (χ3n) is 2.31. The molecule has 0 bridgehead atoms. The average molecular weight is 225 g/mol. The Morgan fingerprint density at radius 1 is 1.38 bits per heavy atom. The Balaban J connectivity index is 2.47. The van der Waals surface area contributed by atoms with Gasteiger partial charge in [-0.3, -0.25) is 4.79 Å². The number of carbonyl (C=O) groups is 1. The number of carbonyl (C=O) groups excluding carboxylic acids is 1. The van der Waals surface area contributed by atoms with E-state index < -0.39 is 0 Å². The van der Waals surface area contributed by atoms with Crippen molar-refractivity contribution in [3.63, 3.8) is 0 Å². The smallest absolute Gasteiger partial charge is 0.222 e. The Bertz CT molecular complexity index is 337. The maximum Gasteiger partial charge on any atom is 0.222 e. The van der Waals surface area contributed by atoms with E-state index in [1.165, 1.54) is 12.1 Å². The summed E-state index contributed by atoms with van der Waals surface area (Å²) in [6.07, 6.45) is 0.820. The van der Waals surface area contributed by atoms with Gasteiger partial charge in [0.2, 0.25) is 5.91 Å². The van der Waals surface area contributed by atoms with Crippen LogP contribution in [0.1, 0.15) is 18.4 Å². The lowest BCUT2D eigenvalue weighted by Crippen LogP contribution is -2.26. The molecule has 0 fully saturated rings. The first kappa shape index (κ1) is 12.6. The molecule has 0 aliphatic carbocycles. The lowest BCUT2D eigenvalue weighted by Gasteiger charge is -2.16. The summed E-state index contributed by atoms with van der Waals surface area (Å²) >= 11 is 0. The topological polar surface area (TPSA) is 40.5 Å². The molecule has 3 nitrogen and oxygen atoms in total. The van der Waals surface area contributed by atoms with E-state index in [1.54, 1.807) is 24.1 Å². The van der Waals surface area contributed by atoms with Crippen LogP contribution in [0.25, 0.3) is 0 Å². The van der Waals surface area contributed by atoms with E-state index in [-0.39, 0.29) is 18.3 Å². The molecule has 0 unspecified atom stereocenters. The monoisotopic (exact) mass is 225 g/mol. The Labute approximate surface area is 94.5 Å². The van der Waals surface area contributed by atoms with Crippen molar-refractivity contribution in [2.24, 2.45) is 0 Å². The average Bonchev–Trinajstić information content (AvgIpc) is 2.29. The summed E-state index contributed by atoms with van der Waals surface area (Å²) in [5.41, 5.74) is 0.890. The number of halogens is 1. The highest BCUT2D eigenvalue weighted by Crippen LogP contribution is 2.06. The van der Waals surface area contributed by atoms with Crippen LogP contribution in [0.4, 0.5) is 4.39 Å². The minimum Gasteiger partial charge on any atom is -0.396 e. The van der Waals surface area contributed by atoms with E-state index in [4.69, 9.17) is 5.11 Å². The molecule has 16 heavy (non-hydrogen) atoms. The molecule has 0 saturated carbocycles. The van der Waals surface area contributed by atoms with Gasteiger partial charge in [-0.1, -0.05) is 12.1 Å². The van der Waals surface area contributed by atoms with Crippen molar-refractivity contribution in [2.45, 2.75) is 19.4 Å². The van der Waals surface area contributed by atoms with Gasteiger partial charge < -0.3 is 10.0 Å². The van der Waals surface area contributed by atoms with Crippen molar-refractivity contribution >= 4 is 5.91 Å². The van der Waals surface area contributed by atoms with Crippen molar-refractivity contribution in [2.75, 3.05) is 13.7 Å². The number of aliphatic hydroxyl groups excluding tert-OH is 1. The zero-order valence-corrected chi connectivity index (χ0v) is 9.32. The molecular formula is C12H16FNO2. The molecule has 1 aromatic carbocycles. The van der Waals surface area contributed by atoms with Crippen molar-refractivity contribution in [1.29, 1.82) is 0 Å². The molecule has 0 radical (unpaired) electrons. The molecule has 4 heteroatoms. The molecule has 0 aliphatic rings. The highest BCUT2D eigenvalue weighted by molar-refractivity contribution is 5.75. The highest BCUT2D eigenvalue weighted by atomic mass is 19.1. The number of rotatable bonds is 5. The summed E-state index contributed by atoms with van der Waals surface area (Å²) in [5, 5.41) is 8.60. The van der Waals surface area contributed by atoms with Gasteiger partial charge in [-0.15, -0.1) is 0 Å². The van der Waals surface area contributed by atoms with Crippen LogP contribution >= 0.6 is 0 Å². The van der Waals surface area contributed by atoms with Crippen LogP contribution < -0.4 is 0 Å². The first-order chi connectivity index (χ1) is 7.63. The quantitative estimate of drug-likeness (QED) is 0.826. The van der Waals surface area contributed by atoms with Gasteiger partial charge in [-0.25, -0.2) is 4.39 Å². The maximum absolute atomic E-state index is 12.6. The number of aliphatic hydroxyl groups is 1. The molecule has 0 aliphatic heterocycles. The van der Waals surface area contributed by atoms with E-state index in [0.717, 1.165) is 5.56 Å². The molecular weight excluding hydrogens is 209 g/mol.